The smallest absolute Gasteiger partial charge is 0.326 e. The van der Waals surface area contributed by atoms with Crippen molar-refractivity contribution in [2.24, 2.45) is 39.9 Å². The van der Waals surface area contributed by atoms with Gasteiger partial charge in [-0.1, -0.05) is 71.9 Å². The molecule has 28 heteroatoms. The van der Waals surface area contributed by atoms with Crippen molar-refractivity contribution in [3.05, 3.63) is 35.9 Å². The van der Waals surface area contributed by atoms with Crippen LogP contribution in [0.5, 0.6) is 0 Å². The Hall–Kier alpha value is -7.46. The van der Waals surface area contributed by atoms with Crippen LogP contribution in [0.4, 0.5) is 0 Å². The monoisotopic (exact) mass is 1060 g/mol. The number of rotatable bonds is 35. The number of carboxylic acid groups (broad SMARTS) is 3. The molecule has 0 aromatic heterocycles. The number of carboxylic acids is 3. The summed E-state index contributed by atoms with van der Waals surface area (Å²) in [6.07, 6.45) is -2.18. The van der Waals surface area contributed by atoms with Crippen LogP contribution in [-0.2, 0) is 59.2 Å². The second-order valence-electron chi connectivity index (χ2n) is 18.8. The SMILES string of the molecule is CC(C)C[C@H](NC(=O)[C@@H](N)CCC(=O)O)C(=O)N[C@H](C(=O)N[C@@H](CO)C(=O)N[C@@H](CCC(=O)O)C(=O)N[C@@H](Cc1ccccc1)C(=O)N[C@@H](CO)C(=O)N[C@@H](CCCN=C(N)N)C(=O)N[C@H](C(=O)O)C(C)C)C(C)C. The zero-order valence-electron chi connectivity index (χ0n) is 43.0. The van der Waals surface area contributed by atoms with Gasteiger partial charge in [0.25, 0.3) is 0 Å². The van der Waals surface area contributed by atoms with E-state index in [-0.39, 0.29) is 50.5 Å². The molecule has 0 aliphatic rings. The van der Waals surface area contributed by atoms with Crippen molar-refractivity contribution >= 4 is 71.1 Å². The van der Waals surface area contributed by atoms with Crippen molar-refractivity contribution < 1.29 is 78.3 Å². The Morgan fingerprint density at radius 1 is 0.507 bits per heavy atom. The van der Waals surface area contributed by atoms with Gasteiger partial charge in [-0.3, -0.25) is 52.9 Å². The molecule has 0 radical (unpaired) electrons. The van der Waals surface area contributed by atoms with Crippen LogP contribution >= 0.6 is 0 Å². The van der Waals surface area contributed by atoms with Crippen LogP contribution in [0.2, 0.25) is 0 Å². The number of carbonyl (C=O) groups excluding carboxylic acids is 8. The fraction of sp³-hybridized carbons (Fsp3) is 0.617. The number of benzene rings is 1. The number of aliphatic hydroxyl groups is 2. The van der Waals surface area contributed by atoms with E-state index in [9.17, 15) is 73.2 Å². The Bertz CT molecular complexity index is 2140. The summed E-state index contributed by atoms with van der Waals surface area (Å²) >= 11 is 0. The van der Waals surface area contributed by atoms with Crippen molar-refractivity contribution in [3.63, 3.8) is 0 Å². The zero-order valence-corrected chi connectivity index (χ0v) is 43.0. The number of hydrogen-bond acceptors (Lipinski definition) is 15. The molecule has 28 nitrogen and oxygen atoms in total. The van der Waals surface area contributed by atoms with Crippen LogP contribution in [0.1, 0.15) is 92.1 Å². The topological polar surface area (TPSA) is 476 Å². The molecule has 75 heavy (non-hydrogen) atoms. The molecular weight excluding hydrogens is 989 g/mol. The van der Waals surface area contributed by atoms with Gasteiger partial charge < -0.3 is 85.3 Å². The van der Waals surface area contributed by atoms with Crippen LogP contribution in [0.3, 0.4) is 0 Å². The fourth-order valence-electron chi connectivity index (χ4n) is 7.06. The number of aliphatic imine (C=N–C) groups is 1. The first-order valence-electron chi connectivity index (χ1n) is 24.3. The highest BCUT2D eigenvalue weighted by atomic mass is 16.4. The summed E-state index contributed by atoms with van der Waals surface area (Å²) in [7, 11) is 0. The molecule has 19 N–H and O–H groups in total. The third-order valence-corrected chi connectivity index (χ3v) is 11.2. The normalized spacial score (nSPS) is 14.7. The molecule has 0 heterocycles. The Labute approximate surface area is 433 Å². The van der Waals surface area contributed by atoms with Gasteiger partial charge in [-0.15, -0.1) is 0 Å². The van der Waals surface area contributed by atoms with Crippen molar-refractivity contribution in [2.75, 3.05) is 19.8 Å². The molecule has 0 fully saturated rings. The number of nitrogens with two attached hydrogens (primary N) is 3. The maximum absolute atomic E-state index is 14.0. The van der Waals surface area contributed by atoms with Crippen molar-refractivity contribution in [2.45, 2.75) is 147 Å². The Morgan fingerprint density at radius 2 is 0.920 bits per heavy atom. The summed E-state index contributed by atoms with van der Waals surface area (Å²) in [6, 6.07) is -5.60. The first-order chi connectivity index (χ1) is 35.1. The highest BCUT2D eigenvalue weighted by Crippen LogP contribution is 2.12. The maximum Gasteiger partial charge on any atom is 0.326 e. The number of hydrogen-bond donors (Lipinski definition) is 16. The van der Waals surface area contributed by atoms with E-state index in [1.165, 1.54) is 0 Å². The zero-order chi connectivity index (χ0) is 57.1. The minimum Gasteiger partial charge on any atom is -0.481 e. The predicted octanol–water partition coefficient (Wildman–Crippen LogP) is -4.35. The summed E-state index contributed by atoms with van der Waals surface area (Å²) in [4.78, 5) is 147. The van der Waals surface area contributed by atoms with Gasteiger partial charge in [0.15, 0.2) is 5.96 Å². The summed E-state index contributed by atoms with van der Waals surface area (Å²) in [5.41, 5.74) is 17.1. The second-order valence-corrected chi connectivity index (χ2v) is 18.8. The Morgan fingerprint density at radius 3 is 1.40 bits per heavy atom. The molecule has 1 aromatic rings. The summed E-state index contributed by atoms with van der Waals surface area (Å²) in [5.74, 6) is -13.7. The van der Waals surface area contributed by atoms with Gasteiger partial charge in [0.1, 0.15) is 48.3 Å². The molecule has 0 spiro atoms. The number of amides is 8. The molecule has 0 saturated heterocycles. The third kappa shape index (κ3) is 24.9. The lowest BCUT2D eigenvalue weighted by Gasteiger charge is -2.28. The molecule has 0 unspecified atom stereocenters. The van der Waals surface area contributed by atoms with E-state index >= 15 is 0 Å². The molecule has 0 aliphatic heterocycles. The lowest BCUT2D eigenvalue weighted by molar-refractivity contribution is -0.143. The highest BCUT2D eigenvalue weighted by Gasteiger charge is 2.36. The summed E-state index contributed by atoms with van der Waals surface area (Å²) in [6.45, 7) is 7.56. The summed E-state index contributed by atoms with van der Waals surface area (Å²) in [5, 5.41) is 67.8. The van der Waals surface area contributed by atoms with Gasteiger partial charge in [-0.25, -0.2) is 4.79 Å². The van der Waals surface area contributed by atoms with E-state index in [0.717, 1.165) is 0 Å². The maximum atomic E-state index is 14.0. The number of nitrogens with one attached hydrogen (secondary N) is 8. The minimum absolute atomic E-state index is 0.0112. The minimum atomic E-state index is -1.82. The molecular formula is C47H76N12O16. The van der Waals surface area contributed by atoms with Crippen LogP contribution in [0.15, 0.2) is 35.3 Å². The number of aliphatic carboxylic acids is 3. The number of nitrogens with zero attached hydrogens (tertiary/aromatic N) is 1. The van der Waals surface area contributed by atoms with E-state index in [1.54, 1.807) is 71.9 Å². The van der Waals surface area contributed by atoms with E-state index < -0.39 is 164 Å². The number of carbonyl (C=O) groups is 11. The van der Waals surface area contributed by atoms with Crippen molar-refractivity contribution in [1.82, 2.24) is 42.5 Å². The fourth-order valence-corrected chi connectivity index (χ4v) is 7.06. The van der Waals surface area contributed by atoms with E-state index in [0.29, 0.717) is 5.56 Å². The van der Waals surface area contributed by atoms with Crippen LogP contribution in [0, 0.1) is 17.8 Å². The molecule has 0 aliphatic carbocycles. The first-order valence-corrected chi connectivity index (χ1v) is 24.3. The molecule has 9 atom stereocenters. The molecule has 0 bridgehead atoms. The van der Waals surface area contributed by atoms with E-state index in [2.05, 4.69) is 47.5 Å². The van der Waals surface area contributed by atoms with Crippen molar-refractivity contribution in [1.29, 1.82) is 0 Å². The Balaban J connectivity index is 3.44. The molecule has 1 aromatic carbocycles. The largest absolute Gasteiger partial charge is 0.481 e. The van der Waals surface area contributed by atoms with Gasteiger partial charge in [-0.2, -0.15) is 0 Å². The van der Waals surface area contributed by atoms with Gasteiger partial charge in [0, 0.05) is 25.8 Å². The molecule has 8 amide bonds. The van der Waals surface area contributed by atoms with Gasteiger partial charge >= 0.3 is 17.9 Å². The van der Waals surface area contributed by atoms with Crippen LogP contribution < -0.4 is 59.7 Å². The average Bonchev–Trinajstić information content (AvgIpc) is 3.33. The summed E-state index contributed by atoms with van der Waals surface area (Å²) < 4.78 is 0. The average molecular weight is 1070 g/mol. The first kappa shape index (κ1) is 65.6. The second kappa shape index (κ2) is 33.4. The van der Waals surface area contributed by atoms with Gasteiger partial charge in [0.05, 0.1) is 19.3 Å². The van der Waals surface area contributed by atoms with E-state index in [1.807, 2.05) is 0 Å². The van der Waals surface area contributed by atoms with Crippen molar-refractivity contribution in [3.8, 4) is 0 Å². The molecule has 1 rings (SSSR count). The number of guanidine groups is 1. The van der Waals surface area contributed by atoms with Crippen LogP contribution in [-0.4, -0.2) is 171 Å². The highest BCUT2D eigenvalue weighted by molar-refractivity contribution is 5.98. The predicted molar refractivity (Wildman–Crippen MR) is 268 cm³/mol. The number of aliphatic hydroxyl groups excluding tert-OH is 2. The van der Waals surface area contributed by atoms with Gasteiger partial charge in [0.2, 0.25) is 47.3 Å². The lowest BCUT2D eigenvalue weighted by Crippen LogP contribution is -2.62. The molecule has 0 saturated carbocycles. The standard InChI is InChI=1S/C47H76N12O16/c1-23(2)19-30(54-38(66)27(48)14-16-34(62)63)42(70)58-36(24(3)4)45(73)57-33(22-61)44(72)53-29(15-17-35(64)65)39(67)55-31(20-26-11-8-7-9-12-26)41(69)56-32(21-60)43(71)52-28(13-10-18-51-47(49)50)40(68)59-37(25(5)6)46(74)75/h7-9,11-12,23-25,27-33,36-37,60-61H,10,13-22,48H2,1-6H3,(H,52,71)(H,53,72)(H,54,66)(H,55,67)(H,56,69)(H,57,73)(H,58,70)(H,59,68)(H,62,63)(H,64,65)(H,74,75)(H4,49,50,51)/t27-,28-,29-,30-,31-,32-,33-,36-,37-/m0/s1. The molecule has 420 valence electrons. The Kier molecular flexibility index (Phi) is 29.2. The van der Waals surface area contributed by atoms with E-state index in [4.69, 9.17) is 22.3 Å². The quantitative estimate of drug-likeness (QED) is 0.0174. The lowest BCUT2D eigenvalue weighted by atomic mass is 9.99. The third-order valence-electron chi connectivity index (χ3n) is 11.2. The van der Waals surface area contributed by atoms with Gasteiger partial charge in [-0.05, 0) is 55.4 Å². The van der Waals surface area contributed by atoms with Crippen LogP contribution in [0.25, 0.3) is 0 Å².